The first kappa shape index (κ1) is 17.2. The monoisotopic (exact) mass is 333 g/mol. The Balaban J connectivity index is 2.15. The Morgan fingerprint density at radius 1 is 1.17 bits per heavy atom. The van der Waals surface area contributed by atoms with Crippen molar-refractivity contribution in [2.24, 2.45) is 0 Å². The van der Waals surface area contributed by atoms with Crippen LogP contribution in [0.25, 0.3) is 0 Å². The molecule has 0 fully saturated rings. The zero-order valence-corrected chi connectivity index (χ0v) is 13.8. The fourth-order valence-corrected chi connectivity index (χ4v) is 3.83. The van der Waals surface area contributed by atoms with Gasteiger partial charge in [-0.1, -0.05) is 36.4 Å². The van der Waals surface area contributed by atoms with Crippen molar-refractivity contribution < 1.29 is 18.3 Å². The van der Waals surface area contributed by atoms with Crippen LogP contribution >= 0.6 is 0 Å². The van der Waals surface area contributed by atoms with E-state index in [0.717, 1.165) is 11.1 Å². The number of carboxylic acid groups (broad SMARTS) is 1. The molecule has 0 heterocycles. The number of carboxylic acids is 1. The van der Waals surface area contributed by atoms with E-state index < -0.39 is 16.0 Å². The van der Waals surface area contributed by atoms with Crippen LogP contribution in [0.3, 0.4) is 0 Å². The largest absolute Gasteiger partial charge is 0.478 e. The number of hydrogen-bond acceptors (Lipinski definition) is 3. The summed E-state index contributed by atoms with van der Waals surface area (Å²) in [6.07, 6.45) is 0. The molecule has 0 amide bonds. The van der Waals surface area contributed by atoms with E-state index in [9.17, 15) is 13.2 Å². The molecule has 2 N–H and O–H groups in total. The predicted molar refractivity (Wildman–Crippen MR) is 88.8 cm³/mol. The third-order valence-electron chi connectivity index (χ3n) is 3.54. The zero-order chi connectivity index (χ0) is 17.0. The molecule has 0 saturated heterocycles. The van der Waals surface area contributed by atoms with Crippen molar-refractivity contribution in [3.63, 3.8) is 0 Å². The topological polar surface area (TPSA) is 83.5 Å². The van der Waals surface area contributed by atoms with Gasteiger partial charge in [-0.2, -0.15) is 0 Å². The summed E-state index contributed by atoms with van der Waals surface area (Å²) in [7, 11) is -3.58. The van der Waals surface area contributed by atoms with E-state index in [-0.39, 0.29) is 17.4 Å². The summed E-state index contributed by atoms with van der Waals surface area (Å²) in [5, 5.41) is 8.97. The van der Waals surface area contributed by atoms with Crippen molar-refractivity contribution in [2.75, 3.05) is 0 Å². The minimum absolute atomic E-state index is 0.0738. The summed E-state index contributed by atoms with van der Waals surface area (Å²) in [4.78, 5) is 11.0. The van der Waals surface area contributed by atoms with Crippen LogP contribution in [0, 0.1) is 6.92 Å². The predicted octanol–water partition coefficient (Wildman–Crippen LogP) is 2.87. The summed E-state index contributed by atoms with van der Waals surface area (Å²) in [5.41, 5.74) is 2.44. The van der Waals surface area contributed by atoms with E-state index in [1.54, 1.807) is 19.1 Å². The maximum absolute atomic E-state index is 12.3. The summed E-state index contributed by atoms with van der Waals surface area (Å²) < 4.78 is 27.3. The van der Waals surface area contributed by atoms with Crippen LogP contribution in [0.5, 0.6) is 0 Å². The Hall–Kier alpha value is -2.18. The molecule has 1 unspecified atom stereocenters. The van der Waals surface area contributed by atoms with E-state index in [2.05, 4.69) is 4.72 Å². The van der Waals surface area contributed by atoms with Crippen molar-refractivity contribution in [2.45, 2.75) is 25.6 Å². The van der Waals surface area contributed by atoms with Gasteiger partial charge in [-0.15, -0.1) is 0 Å². The quantitative estimate of drug-likeness (QED) is 0.851. The molecular formula is C17H19NO4S. The first-order valence-electron chi connectivity index (χ1n) is 7.16. The van der Waals surface area contributed by atoms with Gasteiger partial charge in [0, 0.05) is 6.04 Å². The number of aryl methyl sites for hydroxylation is 1. The normalized spacial score (nSPS) is 12.8. The summed E-state index contributed by atoms with van der Waals surface area (Å²) in [6, 6.07) is 13.2. The molecule has 23 heavy (non-hydrogen) atoms. The fourth-order valence-electron chi connectivity index (χ4n) is 2.46. The number of nitrogens with one attached hydrogen (secondary N) is 1. The first-order chi connectivity index (χ1) is 10.8. The van der Waals surface area contributed by atoms with Gasteiger partial charge in [0.05, 0.1) is 11.3 Å². The van der Waals surface area contributed by atoms with Crippen molar-refractivity contribution in [1.29, 1.82) is 0 Å². The lowest BCUT2D eigenvalue weighted by Crippen LogP contribution is -2.28. The molecule has 0 aliphatic carbocycles. The molecule has 6 heteroatoms. The lowest BCUT2D eigenvalue weighted by Gasteiger charge is -2.16. The van der Waals surface area contributed by atoms with Gasteiger partial charge in [-0.05, 0) is 42.7 Å². The average molecular weight is 333 g/mol. The second-order valence-corrected chi connectivity index (χ2v) is 7.21. The number of aromatic carboxylic acids is 1. The van der Waals surface area contributed by atoms with Gasteiger partial charge in [0.25, 0.3) is 0 Å². The molecule has 0 radical (unpaired) electrons. The second-order valence-electron chi connectivity index (χ2n) is 5.46. The van der Waals surface area contributed by atoms with E-state index in [1.807, 2.05) is 31.2 Å². The summed E-state index contributed by atoms with van der Waals surface area (Å²) in [5.74, 6) is -1.34. The molecule has 0 saturated carbocycles. The molecule has 0 aliphatic heterocycles. The first-order valence-corrected chi connectivity index (χ1v) is 8.81. The molecule has 2 aromatic carbocycles. The molecule has 0 spiro atoms. The standard InChI is InChI=1S/C17H19NO4S/c1-12-6-3-4-9-16(12)13(2)18-23(21,22)11-14-7-5-8-15(10-14)17(19)20/h3-10,13,18H,11H2,1-2H3,(H,19,20). The summed E-state index contributed by atoms with van der Waals surface area (Å²) in [6.45, 7) is 3.71. The average Bonchev–Trinajstić information content (AvgIpc) is 2.46. The van der Waals surface area contributed by atoms with Gasteiger partial charge in [0.15, 0.2) is 0 Å². The smallest absolute Gasteiger partial charge is 0.335 e. The maximum atomic E-state index is 12.3. The van der Waals surface area contributed by atoms with Crippen LogP contribution in [0.1, 0.15) is 40.0 Å². The Labute approximate surface area is 136 Å². The lowest BCUT2D eigenvalue weighted by atomic mass is 10.0. The number of benzene rings is 2. The van der Waals surface area contributed by atoms with E-state index in [0.29, 0.717) is 5.56 Å². The van der Waals surface area contributed by atoms with E-state index >= 15 is 0 Å². The van der Waals surface area contributed by atoms with Crippen molar-refractivity contribution in [3.8, 4) is 0 Å². The van der Waals surface area contributed by atoms with Crippen LogP contribution in [0.4, 0.5) is 0 Å². The van der Waals surface area contributed by atoms with Gasteiger partial charge >= 0.3 is 5.97 Å². The highest BCUT2D eigenvalue weighted by atomic mass is 32.2. The SMILES string of the molecule is Cc1ccccc1C(C)NS(=O)(=O)Cc1cccc(C(=O)O)c1. The molecule has 2 aromatic rings. The molecule has 0 bridgehead atoms. The minimum Gasteiger partial charge on any atom is -0.478 e. The van der Waals surface area contributed by atoms with Crippen molar-refractivity contribution in [1.82, 2.24) is 4.72 Å². The Morgan fingerprint density at radius 3 is 2.52 bits per heavy atom. The highest BCUT2D eigenvalue weighted by Crippen LogP contribution is 2.18. The van der Waals surface area contributed by atoms with Gasteiger partial charge in [0.2, 0.25) is 10.0 Å². The van der Waals surface area contributed by atoms with Crippen LogP contribution < -0.4 is 4.72 Å². The molecule has 0 aromatic heterocycles. The molecule has 0 aliphatic rings. The Bertz CT molecular complexity index is 815. The Morgan fingerprint density at radius 2 is 1.87 bits per heavy atom. The highest BCUT2D eigenvalue weighted by molar-refractivity contribution is 7.88. The third kappa shape index (κ3) is 4.64. The van der Waals surface area contributed by atoms with E-state index in [4.69, 9.17) is 5.11 Å². The Kier molecular flexibility index (Phi) is 5.18. The number of hydrogen-bond donors (Lipinski definition) is 2. The number of rotatable bonds is 6. The van der Waals surface area contributed by atoms with Crippen LogP contribution in [0.2, 0.25) is 0 Å². The van der Waals surface area contributed by atoms with Gasteiger partial charge < -0.3 is 5.11 Å². The van der Waals surface area contributed by atoms with Crippen molar-refractivity contribution in [3.05, 3.63) is 70.8 Å². The van der Waals surface area contributed by atoms with Crippen LogP contribution in [0.15, 0.2) is 48.5 Å². The van der Waals surface area contributed by atoms with Gasteiger partial charge in [0.1, 0.15) is 0 Å². The minimum atomic E-state index is -3.58. The number of carbonyl (C=O) groups is 1. The molecule has 1 atom stereocenters. The van der Waals surface area contributed by atoms with Crippen LogP contribution in [-0.2, 0) is 15.8 Å². The molecular weight excluding hydrogens is 314 g/mol. The second kappa shape index (κ2) is 6.93. The summed E-state index contributed by atoms with van der Waals surface area (Å²) >= 11 is 0. The van der Waals surface area contributed by atoms with E-state index in [1.165, 1.54) is 12.1 Å². The van der Waals surface area contributed by atoms with Crippen molar-refractivity contribution >= 4 is 16.0 Å². The van der Waals surface area contributed by atoms with Gasteiger partial charge in [-0.3, -0.25) is 0 Å². The number of sulfonamides is 1. The molecule has 2 rings (SSSR count). The zero-order valence-electron chi connectivity index (χ0n) is 13.0. The van der Waals surface area contributed by atoms with Crippen LogP contribution in [-0.4, -0.2) is 19.5 Å². The molecule has 5 nitrogen and oxygen atoms in total. The maximum Gasteiger partial charge on any atom is 0.335 e. The third-order valence-corrected chi connectivity index (χ3v) is 4.97. The fraction of sp³-hybridized carbons (Fsp3) is 0.235. The lowest BCUT2D eigenvalue weighted by molar-refractivity contribution is 0.0696. The highest BCUT2D eigenvalue weighted by Gasteiger charge is 2.18. The van der Waals surface area contributed by atoms with Gasteiger partial charge in [-0.25, -0.2) is 17.9 Å². The molecule has 122 valence electrons.